The molecule has 2 aromatic rings. The van der Waals surface area contributed by atoms with Crippen LogP contribution in [0.25, 0.3) is 10.9 Å². The summed E-state index contributed by atoms with van der Waals surface area (Å²) in [7, 11) is 0. The van der Waals surface area contributed by atoms with Crippen LogP contribution in [-0.2, 0) is 16.1 Å². The van der Waals surface area contributed by atoms with Gasteiger partial charge >= 0.3 is 0 Å². The van der Waals surface area contributed by atoms with Gasteiger partial charge in [-0.3, -0.25) is 9.48 Å². The molecule has 0 bridgehead atoms. The van der Waals surface area contributed by atoms with Gasteiger partial charge in [0.05, 0.1) is 30.5 Å². The zero-order valence-electron chi connectivity index (χ0n) is 13.0. The number of amides is 1. The minimum Gasteiger partial charge on any atom is -0.396 e. The fraction of sp³-hybridized carbons (Fsp3) is 0.529. The second kappa shape index (κ2) is 5.94. The lowest BCUT2D eigenvalue weighted by Gasteiger charge is -2.37. The van der Waals surface area contributed by atoms with Crippen molar-refractivity contribution in [2.24, 2.45) is 5.92 Å². The molecule has 2 fully saturated rings. The second-order valence-corrected chi connectivity index (χ2v) is 6.44. The van der Waals surface area contributed by atoms with E-state index < -0.39 is 0 Å². The number of rotatable bonds is 3. The first-order valence-electron chi connectivity index (χ1n) is 8.18. The maximum atomic E-state index is 12.8. The van der Waals surface area contributed by atoms with Gasteiger partial charge in [-0.15, -0.1) is 0 Å². The number of carbonyl (C=O) groups excluding carboxylic acids is 1. The van der Waals surface area contributed by atoms with E-state index in [0.717, 1.165) is 23.7 Å². The molecule has 1 aliphatic heterocycles. The van der Waals surface area contributed by atoms with Crippen LogP contribution in [0.2, 0.25) is 0 Å². The van der Waals surface area contributed by atoms with Crippen LogP contribution < -0.4 is 0 Å². The van der Waals surface area contributed by atoms with Crippen molar-refractivity contribution in [3.63, 3.8) is 0 Å². The van der Waals surface area contributed by atoms with Crippen molar-refractivity contribution < 1.29 is 14.6 Å². The Morgan fingerprint density at radius 3 is 3.09 bits per heavy atom. The van der Waals surface area contributed by atoms with Gasteiger partial charge in [0.25, 0.3) is 0 Å². The van der Waals surface area contributed by atoms with Crippen molar-refractivity contribution in [3.8, 4) is 0 Å². The number of morpholine rings is 1. The highest BCUT2D eigenvalue weighted by atomic mass is 16.5. The number of aromatic nitrogens is 2. The highest BCUT2D eigenvalue weighted by molar-refractivity contribution is 5.82. The van der Waals surface area contributed by atoms with Gasteiger partial charge < -0.3 is 14.7 Å². The molecular weight excluding hydrogens is 294 g/mol. The lowest BCUT2D eigenvalue weighted by Crippen LogP contribution is -2.52. The summed E-state index contributed by atoms with van der Waals surface area (Å²) in [5, 5.41) is 14.8. The highest BCUT2D eigenvalue weighted by Crippen LogP contribution is 2.34. The molecule has 2 aliphatic rings. The molecule has 122 valence electrons. The van der Waals surface area contributed by atoms with E-state index >= 15 is 0 Å². The molecule has 0 unspecified atom stereocenters. The van der Waals surface area contributed by atoms with Gasteiger partial charge in [0.1, 0.15) is 6.54 Å². The molecular formula is C17H21N3O3. The number of aliphatic hydroxyl groups is 1. The maximum absolute atomic E-state index is 12.8. The Morgan fingerprint density at radius 2 is 2.22 bits per heavy atom. The van der Waals surface area contributed by atoms with E-state index in [1.165, 1.54) is 0 Å². The number of nitrogens with zero attached hydrogens (tertiary/aromatic N) is 3. The van der Waals surface area contributed by atoms with Crippen LogP contribution in [0, 0.1) is 5.92 Å². The van der Waals surface area contributed by atoms with Crippen LogP contribution in [0.15, 0.2) is 30.5 Å². The molecule has 4 rings (SSSR count). The number of ether oxygens (including phenoxy) is 1. The lowest BCUT2D eigenvalue weighted by molar-refractivity contribution is -0.144. The summed E-state index contributed by atoms with van der Waals surface area (Å²) in [6.07, 6.45) is 3.53. The minimum absolute atomic E-state index is 0.0687. The second-order valence-electron chi connectivity index (χ2n) is 6.44. The summed E-state index contributed by atoms with van der Waals surface area (Å²) in [6.45, 7) is 1.62. The summed E-state index contributed by atoms with van der Waals surface area (Å²) < 4.78 is 7.56. The largest absolute Gasteiger partial charge is 0.396 e. The maximum Gasteiger partial charge on any atom is 0.244 e. The Morgan fingerprint density at radius 1 is 1.35 bits per heavy atom. The molecule has 1 aliphatic carbocycles. The molecule has 1 saturated carbocycles. The van der Waals surface area contributed by atoms with Crippen molar-refractivity contribution in [1.82, 2.24) is 14.7 Å². The zero-order chi connectivity index (χ0) is 15.8. The van der Waals surface area contributed by atoms with Crippen LogP contribution in [0.1, 0.15) is 12.8 Å². The third-order valence-corrected chi connectivity index (χ3v) is 5.05. The van der Waals surface area contributed by atoms with Crippen LogP contribution in [0.5, 0.6) is 0 Å². The standard InChI is InChI=1S/C17H21N3O3/c21-11-12-7-15-16(8-12)23-6-5-19(15)17(22)10-20-14-4-2-1-3-13(14)9-18-20/h1-4,9,12,15-16,21H,5-8,10-11H2/t12-,15+,16+/m1/s1. The number of hydrogen-bond acceptors (Lipinski definition) is 4. The number of aliphatic hydroxyl groups excluding tert-OH is 1. The first-order valence-corrected chi connectivity index (χ1v) is 8.18. The topological polar surface area (TPSA) is 67.6 Å². The van der Waals surface area contributed by atoms with Gasteiger partial charge in [-0.25, -0.2) is 0 Å². The molecule has 1 saturated heterocycles. The third-order valence-electron chi connectivity index (χ3n) is 5.05. The molecule has 2 heterocycles. The quantitative estimate of drug-likeness (QED) is 0.919. The minimum atomic E-state index is 0.0687. The van der Waals surface area contributed by atoms with E-state index in [2.05, 4.69) is 5.10 Å². The number of carbonyl (C=O) groups is 1. The number of para-hydroxylation sites is 1. The normalized spacial score (nSPS) is 27.3. The highest BCUT2D eigenvalue weighted by Gasteiger charge is 2.42. The number of hydrogen-bond donors (Lipinski definition) is 1. The van der Waals surface area contributed by atoms with E-state index in [0.29, 0.717) is 13.2 Å². The fourth-order valence-electron chi connectivity index (χ4n) is 3.88. The van der Waals surface area contributed by atoms with Gasteiger partial charge in [0.15, 0.2) is 0 Å². The van der Waals surface area contributed by atoms with Gasteiger partial charge in [-0.1, -0.05) is 18.2 Å². The molecule has 6 nitrogen and oxygen atoms in total. The van der Waals surface area contributed by atoms with Gasteiger partial charge in [-0.05, 0) is 24.8 Å². The first kappa shape index (κ1) is 14.7. The number of fused-ring (bicyclic) bond motifs is 2. The van der Waals surface area contributed by atoms with Crippen LogP contribution in [0.3, 0.4) is 0 Å². The summed E-state index contributed by atoms with van der Waals surface area (Å²) in [5.74, 6) is 0.319. The molecule has 1 amide bonds. The Labute approximate surface area is 134 Å². The van der Waals surface area contributed by atoms with E-state index in [-0.39, 0.29) is 37.1 Å². The monoisotopic (exact) mass is 315 g/mol. The number of benzene rings is 1. The van der Waals surface area contributed by atoms with E-state index in [9.17, 15) is 9.90 Å². The summed E-state index contributed by atoms with van der Waals surface area (Å²) in [6, 6.07) is 8.00. The predicted molar refractivity (Wildman–Crippen MR) is 84.8 cm³/mol. The van der Waals surface area contributed by atoms with Gasteiger partial charge in [0, 0.05) is 18.5 Å². The zero-order valence-corrected chi connectivity index (χ0v) is 13.0. The third kappa shape index (κ3) is 2.62. The average Bonchev–Trinajstić information content (AvgIpc) is 3.18. The Balaban J connectivity index is 1.52. The molecule has 1 N–H and O–H groups in total. The SMILES string of the molecule is O=C(Cn1ncc2ccccc21)N1CCO[C@H]2C[C@H](CO)C[C@@H]21. The Hall–Kier alpha value is -1.92. The van der Waals surface area contributed by atoms with Crippen LogP contribution in [0.4, 0.5) is 0 Å². The molecule has 23 heavy (non-hydrogen) atoms. The van der Waals surface area contributed by atoms with E-state index in [1.54, 1.807) is 10.9 Å². The average molecular weight is 315 g/mol. The van der Waals surface area contributed by atoms with Crippen LogP contribution >= 0.6 is 0 Å². The van der Waals surface area contributed by atoms with Crippen molar-refractivity contribution in [2.45, 2.75) is 31.5 Å². The van der Waals surface area contributed by atoms with E-state index in [4.69, 9.17) is 4.74 Å². The molecule has 0 spiro atoms. The van der Waals surface area contributed by atoms with Crippen molar-refractivity contribution >= 4 is 16.8 Å². The van der Waals surface area contributed by atoms with Gasteiger partial charge in [0.2, 0.25) is 5.91 Å². The van der Waals surface area contributed by atoms with E-state index in [1.807, 2.05) is 29.2 Å². The van der Waals surface area contributed by atoms with Crippen molar-refractivity contribution in [2.75, 3.05) is 19.8 Å². The molecule has 1 aromatic carbocycles. The summed E-state index contributed by atoms with van der Waals surface area (Å²) in [5.41, 5.74) is 0.977. The van der Waals surface area contributed by atoms with Crippen LogP contribution in [-0.4, -0.2) is 57.6 Å². The summed E-state index contributed by atoms with van der Waals surface area (Å²) >= 11 is 0. The van der Waals surface area contributed by atoms with Crippen molar-refractivity contribution in [3.05, 3.63) is 30.5 Å². The molecule has 1 aromatic heterocycles. The Kier molecular flexibility index (Phi) is 3.79. The fourth-order valence-corrected chi connectivity index (χ4v) is 3.88. The lowest BCUT2D eigenvalue weighted by atomic mass is 10.1. The van der Waals surface area contributed by atoms with Gasteiger partial charge in [-0.2, -0.15) is 5.10 Å². The predicted octanol–water partition coefficient (Wildman–Crippen LogP) is 1.03. The molecule has 0 radical (unpaired) electrons. The smallest absolute Gasteiger partial charge is 0.244 e. The summed E-state index contributed by atoms with van der Waals surface area (Å²) in [4.78, 5) is 14.7. The molecule has 6 heteroatoms. The Bertz CT molecular complexity index is 714. The molecule has 3 atom stereocenters. The van der Waals surface area contributed by atoms with Crippen molar-refractivity contribution in [1.29, 1.82) is 0 Å². The first-order chi connectivity index (χ1) is 11.3.